The maximum Gasteiger partial charge on any atom is 0.282 e. The maximum atomic E-state index is 13.7. The molecule has 0 saturated heterocycles. The Morgan fingerprint density at radius 2 is 1.67 bits per heavy atom. The van der Waals surface area contributed by atoms with Gasteiger partial charge in [-0.15, -0.1) is 0 Å². The van der Waals surface area contributed by atoms with Crippen LogP contribution >= 0.6 is 0 Å². The summed E-state index contributed by atoms with van der Waals surface area (Å²) in [6.45, 7) is 6.41. The largest absolute Gasteiger partial charge is 0.496 e. The fourth-order valence-electron chi connectivity index (χ4n) is 4.72. The Bertz CT molecular complexity index is 1830. The van der Waals surface area contributed by atoms with Crippen molar-refractivity contribution in [1.82, 2.24) is 9.66 Å². The second-order valence-electron chi connectivity index (χ2n) is 10.2. The zero-order valence-corrected chi connectivity index (χ0v) is 24.2. The van der Waals surface area contributed by atoms with E-state index in [1.54, 1.807) is 50.8 Å². The highest BCUT2D eigenvalue weighted by Gasteiger charge is 2.18. The van der Waals surface area contributed by atoms with Gasteiger partial charge >= 0.3 is 0 Å². The van der Waals surface area contributed by atoms with E-state index in [1.807, 2.05) is 43.3 Å². The van der Waals surface area contributed by atoms with Crippen molar-refractivity contribution in [3.05, 3.63) is 117 Å². The Labute approximate surface area is 243 Å². The molecule has 0 fully saturated rings. The van der Waals surface area contributed by atoms with Gasteiger partial charge in [-0.3, -0.25) is 4.79 Å². The topological polar surface area (TPSA) is 74.9 Å². The number of aromatic nitrogens is 2. The third kappa shape index (κ3) is 5.88. The van der Waals surface area contributed by atoms with Crippen LogP contribution in [-0.2, 0) is 6.61 Å². The van der Waals surface area contributed by atoms with Gasteiger partial charge in [0.25, 0.3) is 5.56 Å². The van der Waals surface area contributed by atoms with Gasteiger partial charge in [0, 0.05) is 5.56 Å². The summed E-state index contributed by atoms with van der Waals surface area (Å²) in [5.41, 5.74) is 4.55. The molecule has 0 atom stereocenters. The maximum absolute atomic E-state index is 13.7. The van der Waals surface area contributed by atoms with Crippen LogP contribution in [0.5, 0.6) is 17.2 Å². The number of nitrogens with zero attached hydrogens (tertiary/aromatic N) is 3. The molecule has 0 N–H and O–H groups in total. The van der Waals surface area contributed by atoms with Crippen molar-refractivity contribution in [3.8, 4) is 28.6 Å². The lowest BCUT2D eigenvalue weighted by atomic mass is 9.96. The molecule has 5 aromatic rings. The molecular formula is C34H32FN3O4. The summed E-state index contributed by atoms with van der Waals surface area (Å²) in [6.07, 6.45) is 1.59. The van der Waals surface area contributed by atoms with Crippen molar-refractivity contribution in [1.29, 1.82) is 0 Å². The van der Waals surface area contributed by atoms with E-state index in [0.29, 0.717) is 33.8 Å². The van der Waals surface area contributed by atoms with Gasteiger partial charge in [0.1, 0.15) is 18.2 Å². The molecule has 0 bridgehead atoms. The highest BCUT2D eigenvalue weighted by atomic mass is 19.1. The molecule has 0 aliphatic heterocycles. The van der Waals surface area contributed by atoms with Gasteiger partial charge in [0.2, 0.25) is 0 Å². The molecule has 0 amide bonds. The van der Waals surface area contributed by atoms with Crippen LogP contribution in [0.4, 0.5) is 4.39 Å². The van der Waals surface area contributed by atoms with E-state index in [1.165, 1.54) is 16.8 Å². The Morgan fingerprint density at radius 1 is 0.929 bits per heavy atom. The van der Waals surface area contributed by atoms with Crippen molar-refractivity contribution < 1.29 is 18.6 Å². The standard InChI is InChI=1S/C34H32FN3O4/c1-21(2)27-18-28(22(3)16-31(27)40-4)33-37-29-9-7-6-8-26(29)34(39)38(33)36-19-24-12-15-30(32(17-24)41-5)42-20-23-10-13-25(35)14-11-23/h6-19,21H,20H2,1-5H3. The van der Waals surface area contributed by atoms with Gasteiger partial charge in [-0.1, -0.05) is 38.1 Å². The average molecular weight is 566 g/mol. The number of halogens is 1. The Kier molecular flexibility index (Phi) is 8.33. The Balaban J connectivity index is 1.55. The first-order chi connectivity index (χ1) is 20.3. The number of fused-ring (bicyclic) bond motifs is 1. The van der Waals surface area contributed by atoms with Gasteiger partial charge in [-0.05, 0) is 89.7 Å². The van der Waals surface area contributed by atoms with Crippen LogP contribution in [0.15, 0.2) is 88.8 Å². The highest BCUT2D eigenvalue weighted by molar-refractivity contribution is 5.83. The van der Waals surface area contributed by atoms with Crippen LogP contribution < -0.4 is 19.8 Å². The van der Waals surface area contributed by atoms with Gasteiger partial charge in [0.15, 0.2) is 17.3 Å². The number of ether oxygens (including phenoxy) is 3. The molecule has 0 spiro atoms. The number of rotatable bonds is 9. The minimum absolute atomic E-state index is 0.194. The summed E-state index contributed by atoms with van der Waals surface area (Å²) < 4.78 is 31.7. The predicted octanol–water partition coefficient (Wildman–Crippen LogP) is 7.11. The minimum Gasteiger partial charge on any atom is -0.496 e. The molecule has 214 valence electrons. The highest BCUT2D eigenvalue weighted by Crippen LogP contribution is 2.34. The van der Waals surface area contributed by atoms with E-state index >= 15 is 0 Å². The third-order valence-corrected chi connectivity index (χ3v) is 7.01. The molecule has 0 radical (unpaired) electrons. The average Bonchev–Trinajstić information content (AvgIpc) is 3.00. The molecule has 0 aliphatic carbocycles. The van der Waals surface area contributed by atoms with E-state index < -0.39 is 0 Å². The number of hydrogen-bond donors (Lipinski definition) is 0. The van der Waals surface area contributed by atoms with Crippen LogP contribution in [0.2, 0.25) is 0 Å². The molecule has 5 rings (SSSR count). The van der Waals surface area contributed by atoms with Gasteiger partial charge in [0.05, 0.1) is 31.3 Å². The number of aryl methyl sites for hydroxylation is 1. The molecule has 1 aromatic heterocycles. The van der Waals surface area contributed by atoms with Crippen LogP contribution in [0.25, 0.3) is 22.3 Å². The molecule has 0 aliphatic rings. The van der Waals surface area contributed by atoms with Crippen LogP contribution in [0, 0.1) is 12.7 Å². The molecule has 1 heterocycles. The zero-order chi connectivity index (χ0) is 29.8. The van der Waals surface area contributed by atoms with Gasteiger partial charge in [-0.25, -0.2) is 9.37 Å². The lowest BCUT2D eigenvalue weighted by Gasteiger charge is -2.17. The lowest BCUT2D eigenvalue weighted by Crippen LogP contribution is -2.20. The fourth-order valence-corrected chi connectivity index (χ4v) is 4.72. The molecule has 7 nitrogen and oxygen atoms in total. The molecular weight excluding hydrogens is 533 g/mol. The zero-order valence-electron chi connectivity index (χ0n) is 24.2. The first kappa shape index (κ1) is 28.5. The van der Waals surface area contributed by atoms with Crippen LogP contribution in [0.1, 0.15) is 42.0 Å². The van der Waals surface area contributed by atoms with Crippen molar-refractivity contribution in [2.75, 3.05) is 14.2 Å². The van der Waals surface area contributed by atoms with Crippen molar-refractivity contribution in [3.63, 3.8) is 0 Å². The monoisotopic (exact) mass is 565 g/mol. The van der Waals surface area contributed by atoms with Gasteiger partial charge in [-0.2, -0.15) is 9.78 Å². The van der Waals surface area contributed by atoms with Gasteiger partial charge < -0.3 is 14.2 Å². The first-order valence-corrected chi connectivity index (χ1v) is 13.6. The molecule has 8 heteroatoms. The summed E-state index contributed by atoms with van der Waals surface area (Å²) in [7, 11) is 3.21. The first-order valence-electron chi connectivity index (χ1n) is 13.6. The molecule has 0 unspecified atom stereocenters. The van der Waals surface area contributed by atoms with E-state index in [0.717, 1.165) is 28.0 Å². The van der Waals surface area contributed by atoms with Crippen LogP contribution in [0.3, 0.4) is 0 Å². The van der Waals surface area contributed by atoms with E-state index in [4.69, 9.17) is 19.2 Å². The van der Waals surface area contributed by atoms with E-state index in [9.17, 15) is 9.18 Å². The van der Waals surface area contributed by atoms with E-state index in [-0.39, 0.29) is 23.9 Å². The molecule has 4 aromatic carbocycles. The van der Waals surface area contributed by atoms with Crippen molar-refractivity contribution >= 4 is 17.1 Å². The lowest BCUT2D eigenvalue weighted by molar-refractivity contribution is 0.284. The number of benzene rings is 4. The number of para-hydroxylation sites is 1. The predicted molar refractivity (Wildman–Crippen MR) is 164 cm³/mol. The Morgan fingerprint density at radius 3 is 2.38 bits per heavy atom. The summed E-state index contributed by atoms with van der Waals surface area (Å²) in [5, 5.41) is 5.09. The second-order valence-corrected chi connectivity index (χ2v) is 10.2. The smallest absolute Gasteiger partial charge is 0.282 e. The van der Waals surface area contributed by atoms with Crippen LogP contribution in [-0.4, -0.2) is 30.1 Å². The quantitative estimate of drug-likeness (QED) is 0.178. The summed E-state index contributed by atoms with van der Waals surface area (Å²) in [6, 6.07) is 22.7. The minimum atomic E-state index is -0.300. The summed E-state index contributed by atoms with van der Waals surface area (Å²) in [5.74, 6) is 2.14. The Hall–Kier alpha value is -4.98. The summed E-state index contributed by atoms with van der Waals surface area (Å²) in [4.78, 5) is 18.6. The van der Waals surface area contributed by atoms with E-state index in [2.05, 4.69) is 18.9 Å². The fraction of sp³-hybridized carbons (Fsp3) is 0.206. The van der Waals surface area contributed by atoms with Crippen molar-refractivity contribution in [2.24, 2.45) is 5.10 Å². The summed E-state index contributed by atoms with van der Waals surface area (Å²) >= 11 is 0. The molecule has 0 saturated carbocycles. The SMILES string of the molecule is COc1cc(C=Nn2c(-c3cc(C(C)C)c(OC)cc3C)nc3ccccc3c2=O)ccc1OCc1ccc(F)cc1. The number of hydrogen-bond acceptors (Lipinski definition) is 6. The molecule has 42 heavy (non-hydrogen) atoms. The third-order valence-electron chi connectivity index (χ3n) is 7.01. The number of methoxy groups -OCH3 is 2. The van der Waals surface area contributed by atoms with Crippen molar-refractivity contribution in [2.45, 2.75) is 33.3 Å². The second kappa shape index (κ2) is 12.3. The normalized spacial score (nSPS) is 11.4.